The molecule has 174 valence electrons. The van der Waals surface area contributed by atoms with Gasteiger partial charge in [0.25, 0.3) is 11.8 Å². The molecule has 0 saturated carbocycles. The number of ether oxygens (including phenoxy) is 2. The second kappa shape index (κ2) is 10.2. The van der Waals surface area contributed by atoms with E-state index < -0.39 is 0 Å². The molecule has 2 amide bonds. The van der Waals surface area contributed by atoms with Gasteiger partial charge in [-0.2, -0.15) is 0 Å². The van der Waals surface area contributed by atoms with E-state index >= 15 is 0 Å². The first-order chi connectivity index (χ1) is 16.0. The van der Waals surface area contributed by atoms with Crippen LogP contribution in [-0.4, -0.2) is 54.0 Å². The van der Waals surface area contributed by atoms with Gasteiger partial charge < -0.3 is 14.4 Å². The molecule has 2 aliphatic rings. The lowest BCUT2D eigenvalue weighted by molar-refractivity contribution is -0.137. The van der Waals surface area contributed by atoms with Gasteiger partial charge in [-0.3, -0.25) is 14.5 Å². The van der Waals surface area contributed by atoms with E-state index in [4.69, 9.17) is 9.47 Å². The zero-order chi connectivity index (χ0) is 23.4. The molecule has 0 fully saturated rings. The topological polar surface area (TPSA) is 59.1 Å². The van der Waals surface area contributed by atoms with Gasteiger partial charge >= 0.3 is 0 Å². The van der Waals surface area contributed by atoms with Gasteiger partial charge in [0.2, 0.25) is 0 Å². The van der Waals surface area contributed by atoms with E-state index in [-0.39, 0.29) is 17.9 Å². The number of hydrogen-bond acceptors (Lipinski definition) is 5. The summed E-state index contributed by atoms with van der Waals surface area (Å²) in [6.07, 6.45) is 1.58. The molecule has 6 heteroatoms. The Kier molecular flexibility index (Phi) is 7.14. The molecule has 2 aliphatic heterocycles. The molecule has 2 aromatic rings. The lowest BCUT2D eigenvalue weighted by Gasteiger charge is -2.31. The number of benzene rings is 2. The largest absolute Gasteiger partial charge is 0.494 e. The molecule has 0 aliphatic carbocycles. The Hall–Kier alpha value is -3.12. The number of rotatable bonds is 9. The van der Waals surface area contributed by atoms with Gasteiger partial charge in [0.15, 0.2) is 0 Å². The fraction of sp³-hybridized carbons (Fsp3) is 0.407. The summed E-state index contributed by atoms with van der Waals surface area (Å²) in [6.45, 7) is 8.64. The highest BCUT2D eigenvalue weighted by Gasteiger charge is 2.41. The molecule has 0 atom stereocenters. The fourth-order valence-corrected chi connectivity index (χ4v) is 4.43. The first kappa shape index (κ1) is 23.1. The number of nitrogens with zero attached hydrogens (tertiary/aromatic N) is 2. The van der Waals surface area contributed by atoms with Crippen molar-refractivity contribution in [2.75, 3.05) is 26.3 Å². The average Bonchev–Trinajstić information content (AvgIpc) is 3.06. The average molecular weight is 449 g/mol. The van der Waals surface area contributed by atoms with Crippen LogP contribution in [0.5, 0.6) is 5.75 Å². The zero-order valence-corrected chi connectivity index (χ0v) is 19.7. The Morgan fingerprint density at radius 2 is 1.70 bits per heavy atom. The van der Waals surface area contributed by atoms with E-state index in [0.29, 0.717) is 50.5 Å². The van der Waals surface area contributed by atoms with Crippen LogP contribution in [0, 0.1) is 0 Å². The number of carbonyl (C=O) groups excluding carboxylic acids is 2. The van der Waals surface area contributed by atoms with Gasteiger partial charge in [-0.1, -0.05) is 36.4 Å². The maximum absolute atomic E-state index is 13.5. The molecule has 6 nitrogen and oxygen atoms in total. The summed E-state index contributed by atoms with van der Waals surface area (Å²) in [5.41, 5.74) is 4.23. The summed E-state index contributed by atoms with van der Waals surface area (Å²) in [7, 11) is 0. The Balaban J connectivity index is 1.64. The third kappa shape index (κ3) is 4.96. The van der Waals surface area contributed by atoms with E-state index in [1.54, 1.807) is 0 Å². The van der Waals surface area contributed by atoms with Gasteiger partial charge in [0, 0.05) is 26.2 Å². The van der Waals surface area contributed by atoms with Crippen LogP contribution in [-0.2, 0) is 27.3 Å². The highest BCUT2D eigenvalue weighted by atomic mass is 16.5. The van der Waals surface area contributed by atoms with Crippen molar-refractivity contribution in [2.45, 2.75) is 46.3 Å². The number of hydrogen-bond donors (Lipinski definition) is 0. The summed E-state index contributed by atoms with van der Waals surface area (Å²) >= 11 is 0. The predicted molar refractivity (Wildman–Crippen MR) is 128 cm³/mol. The van der Waals surface area contributed by atoms with Gasteiger partial charge in [-0.15, -0.1) is 0 Å². The van der Waals surface area contributed by atoms with Gasteiger partial charge in [-0.25, -0.2) is 0 Å². The van der Waals surface area contributed by atoms with Crippen molar-refractivity contribution in [3.05, 3.63) is 70.9 Å². The Morgan fingerprint density at radius 3 is 2.39 bits per heavy atom. The Labute approximate surface area is 195 Å². The van der Waals surface area contributed by atoms with Crippen molar-refractivity contribution in [1.29, 1.82) is 0 Å². The summed E-state index contributed by atoms with van der Waals surface area (Å²) in [4.78, 5) is 30.5. The van der Waals surface area contributed by atoms with Crippen LogP contribution < -0.4 is 4.74 Å². The third-order valence-corrected chi connectivity index (χ3v) is 6.02. The van der Waals surface area contributed by atoms with Crippen molar-refractivity contribution >= 4 is 17.4 Å². The summed E-state index contributed by atoms with van der Waals surface area (Å²) < 4.78 is 11.2. The molecular weight excluding hydrogens is 416 g/mol. The van der Waals surface area contributed by atoms with Crippen molar-refractivity contribution < 1.29 is 19.1 Å². The smallest absolute Gasteiger partial charge is 0.277 e. The minimum atomic E-state index is -0.234. The highest BCUT2D eigenvalue weighted by Crippen LogP contribution is 2.35. The molecule has 0 bridgehead atoms. The first-order valence-corrected chi connectivity index (χ1v) is 11.8. The zero-order valence-electron chi connectivity index (χ0n) is 19.7. The molecule has 0 radical (unpaired) electrons. The van der Waals surface area contributed by atoms with E-state index in [1.807, 2.05) is 57.2 Å². The van der Waals surface area contributed by atoms with E-state index in [9.17, 15) is 9.59 Å². The lowest BCUT2D eigenvalue weighted by Crippen LogP contribution is -2.38. The number of amides is 2. The SMILES string of the molecule is CCOc1ccc(C2=C(N3CCc4ccccc4C3)C(=O)N(CCCOC(C)C)C2=O)cc1. The van der Waals surface area contributed by atoms with Crippen LogP contribution in [0.25, 0.3) is 5.57 Å². The molecule has 0 N–H and O–H groups in total. The molecule has 0 saturated heterocycles. The molecule has 2 aromatic carbocycles. The van der Waals surface area contributed by atoms with Crippen LogP contribution >= 0.6 is 0 Å². The van der Waals surface area contributed by atoms with Crippen LogP contribution in [0.15, 0.2) is 54.2 Å². The van der Waals surface area contributed by atoms with Crippen molar-refractivity contribution in [3.63, 3.8) is 0 Å². The van der Waals surface area contributed by atoms with Crippen molar-refractivity contribution in [2.24, 2.45) is 0 Å². The third-order valence-electron chi connectivity index (χ3n) is 6.02. The summed E-state index contributed by atoms with van der Waals surface area (Å²) in [5.74, 6) is 0.296. The number of fused-ring (bicyclic) bond motifs is 1. The Morgan fingerprint density at radius 1 is 0.970 bits per heavy atom. The molecule has 33 heavy (non-hydrogen) atoms. The minimum Gasteiger partial charge on any atom is -0.494 e. The lowest BCUT2D eigenvalue weighted by atomic mass is 9.98. The minimum absolute atomic E-state index is 0.122. The van der Waals surface area contributed by atoms with Crippen LogP contribution in [0.4, 0.5) is 0 Å². The normalized spacial score (nSPS) is 16.1. The van der Waals surface area contributed by atoms with Gasteiger partial charge in [-0.05, 0) is 62.4 Å². The second-order valence-corrected chi connectivity index (χ2v) is 8.66. The molecular formula is C27H32N2O4. The molecule has 0 unspecified atom stereocenters. The maximum Gasteiger partial charge on any atom is 0.277 e. The predicted octanol–water partition coefficient (Wildman–Crippen LogP) is 4.04. The fourth-order valence-electron chi connectivity index (χ4n) is 4.43. The highest BCUT2D eigenvalue weighted by molar-refractivity contribution is 6.35. The molecule has 0 spiro atoms. The summed E-state index contributed by atoms with van der Waals surface area (Å²) in [5, 5.41) is 0. The quantitative estimate of drug-likeness (QED) is 0.428. The van der Waals surface area contributed by atoms with Crippen molar-refractivity contribution in [3.8, 4) is 5.75 Å². The van der Waals surface area contributed by atoms with Crippen LogP contribution in [0.3, 0.4) is 0 Å². The van der Waals surface area contributed by atoms with Crippen LogP contribution in [0.1, 0.15) is 43.9 Å². The monoisotopic (exact) mass is 448 g/mol. The van der Waals surface area contributed by atoms with Gasteiger partial charge in [0.1, 0.15) is 11.4 Å². The molecule has 4 rings (SSSR count). The molecule has 0 aromatic heterocycles. The van der Waals surface area contributed by atoms with E-state index in [1.165, 1.54) is 16.0 Å². The number of carbonyl (C=O) groups is 2. The number of imide groups is 1. The van der Waals surface area contributed by atoms with E-state index in [2.05, 4.69) is 17.0 Å². The van der Waals surface area contributed by atoms with Gasteiger partial charge in [0.05, 0.1) is 18.3 Å². The summed E-state index contributed by atoms with van der Waals surface area (Å²) in [6, 6.07) is 15.7. The van der Waals surface area contributed by atoms with E-state index in [0.717, 1.165) is 17.7 Å². The maximum atomic E-state index is 13.5. The van der Waals surface area contributed by atoms with Crippen molar-refractivity contribution in [1.82, 2.24) is 9.80 Å². The standard InChI is InChI=1S/C27H32N2O4/c1-4-32-23-12-10-21(11-13-23)24-25(28-16-14-20-8-5-6-9-22(20)18-28)27(31)29(26(24)30)15-7-17-33-19(2)3/h5-6,8-13,19H,4,7,14-18H2,1-3H3. The van der Waals surface area contributed by atoms with Crippen LogP contribution in [0.2, 0.25) is 0 Å². The first-order valence-electron chi connectivity index (χ1n) is 11.8. The second-order valence-electron chi connectivity index (χ2n) is 8.66. The Bertz CT molecular complexity index is 1040. The molecule has 2 heterocycles.